The zero-order chi connectivity index (χ0) is 15.1. The molecule has 20 heavy (non-hydrogen) atoms. The minimum absolute atomic E-state index is 0.00622. The van der Waals surface area contributed by atoms with Crippen molar-refractivity contribution in [3.63, 3.8) is 0 Å². The molecule has 0 aliphatic carbocycles. The van der Waals surface area contributed by atoms with Crippen LogP contribution in [0.5, 0.6) is 0 Å². The summed E-state index contributed by atoms with van der Waals surface area (Å²) in [6.45, 7) is 3.24. The van der Waals surface area contributed by atoms with E-state index in [0.29, 0.717) is 0 Å². The lowest BCUT2D eigenvalue weighted by molar-refractivity contribution is -0.138. The average molecular weight is 301 g/mol. The van der Waals surface area contributed by atoms with E-state index in [1.54, 1.807) is 0 Å². The summed E-state index contributed by atoms with van der Waals surface area (Å²) < 4.78 is 13.5. The molecule has 1 amide bonds. The molecule has 0 radical (unpaired) electrons. The summed E-state index contributed by atoms with van der Waals surface area (Å²) in [6, 6.07) is 3.86. The van der Waals surface area contributed by atoms with Crippen LogP contribution < -0.4 is 5.32 Å². The molecular weight excluding hydrogens is 287 g/mol. The van der Waals surface area contributed by atoms with Crippen molar-refractivity contribution < 1.29 is 19.1 Å². The zero-order valence-corrected chi connectivity index (χ0v) is 11.4. The van der Waals surface area contributed by atoms with Gasteiger partial charge in [-0.2, -0.15) is 0 Å². The van der Waals surface area contributed by atoms with Gasteiger partial charge in [0.1, 0.15) is 5.82 Å². The Balaban J connectivity index is 2.65. The molecule has 7 heteroatoms. The van der Waals surface area contributed by atoms with Gasteiger partial charge in [0.2, 0.25) is 5.91 Å². The molecule has 0 aromatic heterocycles. The van der Waals surface area contributed by atoms with E-state index in [1.807, 2.05) is 0 Å². The normalized spacial score (nSPS) is 10.3. The molecule has 1 aromatic rings. The van der Waals surface area contributed by atoms with Crippen molar-refractivity contribution in [1.29, 1.82) is 0 Å². The maximum Gasteiger partial charge on any atom is 0.317 e. The number of carboxylic acids is 1. The van der Waals surface area contributed by atoms with Gasteiger partial charge in [0, 0.05) is 11.6 Å². The van der Waals surface area contributed by atoms with Crippen LogP contribution in [-0.4, -0.2) is 41.5 Å². The first-order valence-electron chi connectivity index (χ1n) is 5.72. The fourth-order valence-electron chi connectivity index (χ4n) is 1.54. The first kappa shape index (κ1) is 16.1. The number of hydrogen-bond donors (Lipinski definition) is 2. The van der Waals surface area contributed by atoms with E-state index in [-0.39, 0.29) is 30.3 Å². The van der Waals surface area contributed by atoms with Gasteiger partial charge in [0.25, 0.3) is 0 Å². The molecule has 1 aromatic carbocycles. The first-order valence-corrected chi connectivity index (χ1v) is 6.10. The van der Waals surface area contributed by atoms with E-state index in [0.717, 1.165) is 6.07 Å². The summed E-state index contributed by atoms with van der Waals surface area (Å²) in [5, 5.41) is 11.3. The number of anilines is 1. The van der Waals surface area contributed by atoms with Gasteiger partial charge in [-0.15, -0.1) is 6.58 Å². The predicted molar refractivity (Wildman–Crippen MR) is 74.3 cm³/mol. The molecule has 0 bridgehead atoms. The van der Waals surface area contributed by atoms with Crippen molar-refractivity contribution in [2.24, 2.45) is 0 Å². The highest BCUT2D eigenvalue weighted by Crippen LogP contribution is 2.18. The van der Waals surface area contributed by atoms with Gasteiger partial charge < -0.3 is 10.4 Å². The molecule has 5 nitrogen and oxygen atoms in total. The van der Waals surface area contributed by atoms with Gasteiger partial charge in [-0.25, -0.2) is 4.39 Å². The second-order valence-electron chi connectivity index (χ2n) is 4.02. The van der Waals surface area contributed by atoms with Gasteiger partial charge in [0.05, 0.1) is 18.8 Å². The number of halogens is 2. The number of hydrogen-bond acceptors (Lipinski definition) is 3. The summed E-state index contributed by atoms with van der Waals surface area (Å²) >= 11 is 5.60. The first-order chi connectivity index (χ1) is 9.42. The molecule has 0 heterocycles. The fraction of sp³-hybridized carbons (Fsp3) is 0.231. The van der Waals surface area contributed by atoms with Crippen LogP contribution in [0.4, 0.5) is 10.1 Å². The lowest BCUT2D eigenvalue weighted by Gasteiger charge is -2.17. The van der Waals surface area contributed by atoms with E-state index in [9.17, 15) is 14.0 Å². The van der Waals surface area contributed by atoms with Crippen LogP contribution in [0, 0.1) is 5.82 Å². The molecule has 0 saturated carbocycles. The highest BCUT2D eigenvalue weighted by molar-refractivity contribution is 6.30. The molecule has 2 N–H and O–H groups in total. The van der Waals surface area contributed by atoms with Crippen LogP contribution in [-0.2, 0) is 9.59 Å². The fourth-order valence-corrected chi connectivity index (χ4v) is 1.70. The third-order valence-electron chi connectivity index (χ3n) is 2.32. The zero-order valence-electron chi connectivity index (χ0n) is 10.6. The largest absolute Gasteiger partial charge is 0.480 e. The van der Waals surface area contributed by atoms with Crippen LogP contribution in [0.15, 0.2) is 30.9 Å². The van der Waals surface area contributed by atoms with Crippen molar-refractivity contribution in [1.82, 2.24) is 4.90 Å². The summed E-state index contributed by atoms with van der Waals surface area (Å²) in [5.41, 5.74) is -0.00622. The topological polar surface area (TPSA) is 69.6 Å². The van der Waals surface area contributed by atoms with Gasteiger partial charge in [-0.05, 0) is 18.2 Å². The molecule has 0 unspecified atom stereocenters. The van der Waals surface area contributed by atoms with E-state index in [1.165, 1.54) is 23.1 Å². The van der Waals surface area contributed by atoms with Gasteiger partial charge in [-0.1, -0.05) is 17.7 Å². The second-order valence-corrected chi connectivity index (χ2v) is 4.46. The highest BCUT2D eigenvalue weighted by atomic mass is 35.5. The average Bonchev–Trinajstić information content (AvgIpc) is 2.32. The van der Waals surface area contributed by atoms with Gasteiger partial charge >= 0.3 is 5.97 Å². The number of carbonyl (C=O) groups is 2. The Bertz CT molecular complexity index is 522. The maximum absolute atomic E-state index is 13.5. The number of carbonyl (C=O) groups excluding carboxylic acids is 1. The van der Waals surface area contributed by atoms with Crippen molar-refractivity contribution >= 4 is 29.2 Å². The quantitative estimate of drug-likeness (QED) is 0.756. The SMILES string of the molecule is C=CCN(CC(=O)O)CC(=O)Nc1ccc(Cl)cc1F. The molecule has 0 aliphatic rings. The van der Waals surface area contributed by atoms with E-state index in [2.05, 4.69) is 11.9 Å². The van der Waals surface area contributed by atoms with E-state index in [4.69, 9.17) is 16.7 Å². The predicted octanol–water partition coefficient (Wildman–Crippen LogP) is 1.99. The molecule has 0 spiro atoms. The molecule has 0 fully saturated rings. The summed E-state index contributed by atoms with van der Waals surface area (Å²) in [5.74, 6) is -2.23. The minimum atomic E-state index is -1.06. The maximum atomic E-state index is 13.5. The van der Waals surface area contributed by atoms with Gasteiger partial charge in [-0.3, -0.25) is 14.5 Å². The number of benzene rings is 1. The monoisotopic (exact) mass is 300 g/mol. The molecule has 0 atom stereocenters. The van der Waals surface area contributed by atoms with E-state index < -0.39 is 17.7 Å². The Morgan fingerprint density at radius 3 is 2.70 bits per heavy atom. The number of nitrogens with one attached hydrogen (secondary N) is 1. The Kier molecular flexibility index (Phi) is 6.14. The van der Waals surface area contributed by atoms with Crippen molar-refractivity contribution in [3.8, 4) is 0 Å². The minimum Gasteiger partial charge on any atom is -0.480 e. The van der Waals surface area contributed by atoms with Crippen LogP contribution in [0.1, 0.15) is 0 Å². The summed E-state index contributed by atoms with van der Waals surface area (Å²) in [6.07, 6.45) is 1.49. The standard InChI is InChI=1S/C13H14ClFN2O3/c1-2-5-17(8-13(19)20)7-12(18)16-11-4-3-9(14)6-10(11)15/h2-4,6H,1,5,7-8H2,(H,16,18)(H,19,20). The number of amides is 1. The molecule has 1 rings (SSSR count). The smallest absolute Gasteiger partial charge is 0.317 e. The van der Waals surface area contributed by atoms with Crippen LogP contribution >= 0.6 is 11.6 Å². The Morgan fingerprint density at radius 1 is 1.45 bits per heavy atom. The molecule has 108 valence electrons. The Hall–Kier alpha value is -1.92. The number of aliphatic carboxylic acids is 1. The summed E-state index contributed by atoms with van der Waals surface area (Å²) in [7, 11) is 0. The number of nitrogens with zero attached hydrogens (tertiary/aromatic N) is 1. The van der Waals surface area contributed by atoms with Gasteiger partial charge in [0.15, 0.2) is 0 Å². The molecular formula is C13H14ClFN2O3. The molecule has 0 aliphatic heterocycles. The lowest BCUT2D eigenvalue weighted by atomic mass is 10.3. The van der Waals surface area contributed by atoms with E-state index >= 15 is 0 Å². The van der Waals surface area contributed by atoms with Crippen LogP contribution in [0.2, 0.25) is 5.02 Å². The number of carboxylic acid groups (broad SMARTS) is 1. The number of rotatable bonds is 7. The Morgan fingerprint density at radius 2 is 2.15 bits per heavy atom. The second kappa shape index (κ2) is 7.62. The van der Waals surface area contributed by atoms with Crippen LogP contribution in [0.25, 0.3) is 0 Å². The Labute approximate surface area is 120 Å². The lowest BCUT2D eigenvalue weighted by Crippen LogP contribution is -2.37. The third-order valence-corrected chi connectivity index (χ3v) is 2.55. The van der Waals surface area contributed by atoms with Crippen molar-refractivity contribution in [2.45, 2.75) is 0 Å². The van der Waals surface area contributed by atoms with Crippen molar-refractivity contribution in [2.75, 3.05) is 25.0 Å². The van der Waals surface area contributed by atoms with Crippen LogP contribution in [0.3, 0.4) is 0 Å². The summed E-state index contributed by atoms with van der Waals surface area (Å²) in [4.78, 5) is 23.7. The molecule has 0 saturated heterocycles. The third kappa shape index (κ3) is 5.38. The highest BCUT2D eigenvalue weighted by Gasteiger charge is 2.14. The van der Waals surface area contributed by atoms with Crippen molar-refractivity contribution in [3.05, 3.63) is 41.7 Å².